The largest absolute Gasteiger partial charge is 0.478 e. The second-order valence-electron chi connectivity index (χ2n) is 4.07. The zero-order valence-corrected chi connectivity index (χ0v) is 9.82. The fraction of sp³-hybridized carbons (Fsp3) is 0. The number of aromatic nitrogens is 3. The average Bonchev–Trinajstić information content (AvgIpc) is 2.77. The molecule has 2 aromatic heterocycles. The van der Waals surface area contributed by atoms with Crippen LogP contribution in [-0.2, 0) is 0 Å². The van der Waals surface area contributed by atoms with E-state index in [9.17, 15) is 4.79 Å². The number of carboxylic acid groups (broad SMARTS) is 1. The number of rotatable bonds is 2. The SMILES string of the molecule is Nc1nc2cc(-c3cccc(C(=O)O)c3)ccn2n1. The topological polar surface area (TPSA) is 93.5 Å². The maximum Gasteiger partial charge on any atom is 0.335 e. The van der Waals surface area contributed by atoms with Crippen LogP contribution in [0.25, 0.3) is 16.8 Å². The quantitative estimate of drug-likeness (QED) is 0.725. The summed E-state index contributed by atoms with van der Waals surface area (Å²) in [5, 5.41) is 13.0. The number of hydrogen-bond acceptors (Lipinski definition) is 4. The van der Waals surface area contributed by atoms with Gasteiger partial charge in [0.05, 0.1) is 5.56 Å². The van der Waals surface area contributed by atoms with E-state index in [-0.39, 0.29) is 11.5 Å². The van der Waals surface area contributed by atoms with Gasteiger partial charge in [0.2, 0.25) is 5.95 Å². The summed E-state index contributed by atoms with van der Waals surface area (Å²) < 4.78 is 1.57. The third kappa shape index (κ3) is 1.99. The number of carbonyl (C=O) groups is 1. The van der Waals surface area contributed by atoms with E-state index < -0.39 is 5.97 Å². The summed E-state index contributed by atoms with van der Waals surface area (Å²) in [6, 6.07) is 10.4. The second kappa shape index (κ2) is 4.09. The van der Waals surface area contributed by atoms with E-state index in [1.54, 1.807) is 28.9 Å². The number of pyridine rings is 1. The molecule has 1 aromatic carbocycles. The van der Waals surface area contributed by atoms with Crippen molar-refractivity contribution in [1.82, 2.24) is 14.6 Å². The number of nitrogen functional groups attached to an aromatic ring is 1. The maximum atomic E-state index is 11.0. The first kappa shape index (κ1) is 11.2. The summed E-state index contributed by atoms with van der Waals surface area (Å²) >= 11 is 0. The van der Waals surface area contributed by atoms with E-state index >= 15 is 0 Å². The third-order valence-electron chi connectivity index (χ3n) is 2.80. The van der Waals surface area contributed by atoms with Crippen LogP contribution in [0, 0.1) is 0 Å². The molecule has 0 atom stereocenters. The fourth-order valence-electron chi connectivity index (χ4n) is 1.91. The number of carboxylic acids is 1. The minimum Gasteiger partial charge on any atom is -0.478 e. The molecule has 0 saturated heterocycles. The van der Waals surface area contributed by atoms with Gasteiger partial charge in [-0.1, -0.05) is 12.1 Å². The van der Waals surface area contributed by atoms with E-state index in [0.717, 1.165) is 11.1 Å². The minimum atomic E-state index is -0.949. The number of hydrogen-bond donors (Lipinski definition) is 2. The molecule has 3 rings (SSSR count). The zero-order chi connectivity index (χ0) is 13.4. The van der Waals surface area contributed by atoms with Crippen LogP contribution in [0.1, 0.15) is 10.4 Å². The second-order valence-corrected chi connectivity index (χ2v) is 4.07. The molecule has 2 heterocycles. The molecule has 94 valence electrons. The van der Waals surface area contributed by atoms with Crippen molar-refractivity contribution in [2.24, 2.45) is 0 Å². The Kier molecular flexibility index (Phi) is 2.42. The number of fused-ring (bicyclic) bond motifs is 1. The van der Waals surface area contributed by atoms with Gasteiger partial charge in [0, 0.05) is 6.20 Å². The molecule has 0 spiro atoms. The molecule has 0 saturated carbocycles. The van der Waals surface area contributed by atoms with Crippen molar-refractivity contribution in [3.8, 4) is 11.1 Å². The number of benzene rings is 1. The van der Waals surface area contributed by atoms with Crippen LogP contribution in [-0.4, -0.2) is 25.7 Å². The van der Waals surface area contributed by atoms with E-state index in [2.05, 4.69) is 10.1 Å². The molecule has 0 unspecified atom stereocenters. The minimum absolute atomic E-state index is 0.205. The molecule has 6 nitrogen and oxygen atoms in total. The summed E-state index contributed by atoms with van der Waals surface area (Å²) in [5.41, 5.74) is 8.07. The lowest BCUT2D eigenvalue weighted by Crippen LogP contribution is -1.96. The highest BCUT2D eigenvalue weighted by atomic mass is 16.4. The molecule has 0 radical (unpaired) electrons. The Morgan fingerprint density at radius 3 is 2.79 bits per heavy atom. The number of anilines is 1. The molecule has 0 aliphatic heterocycles. The average molecular weight is 254 g/mol. The first-order chi connectivity index (χ1) is 9.13. The lowest BCUT2D eigenvalue weighted by atomic mass is 10.0. The molecular weight excluding hydrogens is 244 g/mol. The van der Waals surface area contributed by atoms with Gasteiger partial charge in [-0.15, -0.1) is 5.10 Å². The number of nitrogens with zero attached hydrogens (tertiary/aromatic N) is 3. The van der Waals surface area contributed by atoms with Crippen LogP contribution in [0.5, 0.6) is 0 Å². The molecule has 3 aromatic rings. The lowest BCUT2D eigenvalue weighted by molar-refractivity contribution is 0.0697. The molecule has 0 aliphatic rings. The van der Waals surface area contributed by atoms with Gasteiger partial charge in [0.1, 0.15) is 0 Å². The van der Waals surface area contributed by atoms with Crippen LogP contribution in [0.4, 0.5) is 5.95 Å². The van der Waals surface area contributed by atoms with E-state index in [1.165, 1.54) is 0 Å². The third-order valence-corrected chi connectivity index (χ3v) is 2.80. The first-order valence-electron chi connectivity index (χ1n) is 5.59. The Hall–Kier alpha value is -2.89. The molecule has 0 fully saturated rings. The van der Waals surface area contributed by atoms with Crippen molar-refractivity contribution in [2.75, 3.05) is 5.73 Å². The normalized spacial score (nSPS) is 10.7. The van der Waals surface area contributed by atoms with Gasteiger partial charge in [-0.2, -0.15) is 4.98 Å². The van der Waals surface area contributed by atoms with E-state index in [0.29, 0.717) is 5.65 Å². The smallest absolute Gasteiger partial charge is 0.335 e. The fourth-order valence-corrected chi connectivity index (χ4v) is 1.91. The monoisotopic (exact) mass is 254 g/mol. The van der Waals surface area contributed by atoms with Gasteiger partial charge < -0.3 is 10.8 Å². The van der Waals surface area contributed by atoms with Crippen LogP contribution < -0.4 is 5.73 Å². The summed E-state index contributed by atoms with van der Waals surface area (Å²) in [6.45, 7) is 0. The highest BCUT2D eigenvalue weighted by Gasteiger charge is 2.06. The highest BCUT2D eigenvalue weighted by molar-refractivity contribution is 5.89. The van der Waals surface area contributed by atoms with Gasteiger partial charge in [-0.3, -0.25) is 0 Å². The maximum absolute atomic E-state index is 11.0. The van der Waals surface area contributed by atoms with Gasteiger partial charge >= 0.3 is 5.97 Å². The summed E-state index contributed by atoms with van der Waals surface area (Å²) in [5.74, 6) is -0.744. The highest BCUT2D eigenvalue weighted by Crippen LogP contribution is 2.21. The standard InChI is InChI=1S/C13H10N4O2/c14-13-15-11-7-9(4-5-17(11)16-13)8-2-1-3-10(6-8)12(18)19/h1-7H,(H2,14,16)(H,18,19). The van der Waals surface area contributed by atoms with Crippen LogP contribution in [0.15, 0.2) is 42.6 Å². The van der Waals surface area contributed by atoms with Crippen molar-refractivity contribution in [1.29, 1.82) is 0 Å². The Bertz CT molecular complexity index is 779. The molecular formula is C13H10N4O2. The summed E-state index contributed by atoms with van der Waals surface area (Å²) in [7, 11) is 0. The van der Waals surface area contributed by atoms with Crippen molar-refractivity contribution in [3.05, 3.63) is 48.2 Å². The predicted molar refractivity (Wildman–Crippen MR) is 69.8 cm³/mol. The predicted octanol–water partition coefficient (Wildman–Crippen LogP) is 1.68. The number of aromatic carboxylic acids is 1. The van der Waals surface area contributed by atoms with E-state index in [4.69, 9.17) is 10.8 Å². The first-order valence-corrected chi connectivity index (χ1v) is 5.59. The molecule has 6 heteroatoms. The van der Waals surface area contributed by atoms with Gasteiger partial charge in [-0.05, 0) is 35.4 Å². The van der Waals surface area contributed by atoms with Gasteiger partial charge in [-0.25, -0.2) is 9.31 Å². The lowest BCUT2D eigenvalue weighted by Gasteiger charge is -2.03. The molecule has 3 N–H and O–H groups in total. The van der Waals surface area contributed by atoms with Crippen LogP contribution >= 0.6 is 0 Å². The summed E-state index contributed by atoms with van der Waals surface area (Å²) in [4.78, 5) is 15.0. The van der Waals surface area contributed by atoms with Crippen molar-refractivity contribution in [2.45, 2.75) is 0 Å². The Morgan fingerprint density at radius 2 is 2.00 bits per heavy atom. The van der Waals surface area contributed by atoms with Crippen molar-refractivity contribution >= 4 is 17.6 Å². The number of nitrogens with two attached hydrogens (primary N) is 1. The van der Waals surface area contributed by atoms with E-state index in [1.807, 2.05) is 18.2 Å². The Labute approximate surface area is 108 Å². The van der Waals surface area contributed by atoms with Gasteiger partial charge in [0.15, 0.2) is 5.65 Å². The molecule has 0 amide bonds. The molecule has 19 heavy (non-hydrogen) atoms. The Morgan fingerprint density at radius 1 is 1.21 bits per heavy atom. The van der Waals surface area contributed by atoms with Gasteiger partial charge in [0.25, 0.3) is 0 Å². The van der Waals surface area contributed by atoms with Crippen LogP contribution in [0.3, 0.4) is 0 Å². The summed E-state index contributed by atoms with van der Waals surface area (Å²) in [6.07, 6.45) is 1.74. The van der Waals surface area contributed by atoms with Crippen molar-refractivity contribution < 1.29 is 9.90 Å². The zero-order valence-electron chi connectivity index (χ0n) is 9.82. The molecule has 0 aliphatic carbocycles. The van der Waals surface area contributed by atoms with Crippen molar-refractivity contribution in [3.63, 3.8) is 0 Å². The Balaban J connectivity index is 2.12. The molecule has 0 bridgehead atoms. The van der Waals surface area contributed by atoms with Crippen LogP contribution in [0.2, 0.25) is 0 Å².